The highest BCUT2D eigenvalue weighted by Crippen LogP contribution is 2.23. The lowest BCUT2D eigenvalue weighted by Gasteiger charge is -2.25. The quantitative estimate of drug-likeness (QED) is 0.676. The molecule has 0 aliphatic heterocycles. The summed E-state index contributed by atoms with van der Waals surface area (Å²) in [5, 5.41) is 0. The number of carbonyl (C=O) groups is 2. The summed E-state index contributed by atoms with van der Waals surface area (Å²) in [7, 11) is 0. The van der Waals surface area contributed by atoms with E-state index in [2.05, 4.69) is 30.9 Å². The largest absolute Gasteiger partial charge is 0.372 e. The molecule has 1 aromatic carbocycles. The van der Waals surface area contributed by atoms with E-state index in [1.165, 1.54) is 49.6 Å². The normalized spacial score (nSPS) is 14.1. The molecular weight excluding hydrogens is 286 g/mol. The van der Waals surface area contributed by atoms with Crippen LogP contribution < -0.4 is 4.90 Å². The number of carbonyl (C=O) groups excluding carboxylic acids is 2. The molecule has 0 bridgehead atoms. The standard InChI is InChI=1S/C20H25NO2/c1-3-5-13-21(14-6-4-2)17-9-7-16(8-10-17)19-15-18(22)11-12-20(19)23/h7-12,15H,3-6,13-14H2,1-2H3. The number of nitrogens with zero attached hydrogens (tertiary/aromatic N) is 1. The third-order valence-electron chi connectivity index (χ3n) is 4.06. The van der Waals surface area contributed by atoms with Gasteiger partial charge in [-0.2, -0.15) is 0 Å². The molecule has 2 rings (SSSR count). The number of allylic oxidation sites excluding steroid dienone is 4. The summed E-state index contributed by atoms with van der Waals surface area (Å²) in [5.41, 5.74) is 2.47. The average molecular weight is 311 g/mol. The van der Waals surface area contributed by atoms with Gasteiger partial charge in [-0.15, -0.1) is 0 Å². The Morgan fingerprint density at radius 2 is 1.48 bits per heavy atom. The highest BCUT2D eigenvalue weighted by Gasteiger charge is 2.15. The van der Waals surface area contributed by atoms with Crippen molar-refractivity contribution < 1.29 is 9.59 Å². The van der Waals surface area contributed by atoms with Crippen LogP contribution in [-0.2, 0) is 9.59 Å². The van der Waals surface area contributed by atoms with Gasteiger partial charge < -0.3 is 4.90 Å². The van der Waals surface area contributed by atoms with E-state index < -0.39 is 0 Å². The SMILES string of the molecule is CCCCN(CCCC)c1ccc(C2=CC(=O)C=CC2=O)cc1. The zero-order chi connectivity index (χ0) is 16.7. The number of hydrogen-bond donors (Lipinski definition) is 0. The summed E-state index contributed by atoms with van der Waals surface area (Å²) in [6.45, 7) is 6.51. The van der Waals surface area contributed by atoms with E-state index in [4.69, 9.17) is 0 Å². The maximum atomic E-state index is 11.9. The summed E-state index contributed by atoms with van der Waals surface area (Å²) < 4.78 is 0. The molecule has 0 amide bonds. The Morgan fingerprint density at radius 3 is 2.04 bits per heavy atom. The molecule has 0 heterocycles. The second kappa shape index (κ2) is 8.47. The van der Waals surface area contributed by atoms with Crippen LogP contribution in [0, 0.1) is 0 Å². The van der Waals surface area contributed by atoms with E-state index in [-0.39, 0.29) is 11.6 Å². The third-order valence-corrected chi connectivity index (χ3v) is 4.06. The van der Waals surface area contributed by atoms with E-state index in [1.807, 2.05) is 12.1 Å². The minimum atomic E-state index is -0.129. The van der Waals surface area contributed by atoms with Crippen LogP contribution >= 0.6 is 0 Å². The van der Waals surface area contributed by atoms with Crippen molar-refractivity contribution in [1.82, 2.24) is 0 Å². The van der Waals surface area contributed by atoms with Crippen molar-refractivity contribution >= 4 is 22.8 Å². The van der Waals surface area contributed by atoms with Crippen molar-refractivity contribution in [3.05, 3.63) is 48.1 Å². The molecule has 1 aromatic rings. The van der Waals surface area contributed by atoms with Gasteiger partial charge in [0.1, 0.15) is 0 Å². The molecule has 0 N–H and O–H groups in total. The zero-order valence-corrected chi connectivity index (χ0v) is 14.0. The summed E-state index contributed by atoms with van der Waals surface area (Å²) >= 11 is 0. The lowest BCUT2D eigenvalue weighted by molar-refractivity contribution is -0.113. The van der Waals surface area contributed by atoms with Crippen molar-refractivity contribution in [3.8, 4) is 0 Å². The molecule has 0 aromatic heterocycles. The van der Waals surface area contributed by atoms with Crippen LogP contribution in [0.3, 0.4) is 0 Å². The first-order valence-corrected chi connectivity index (χ1v) is 8.49. The summed E-state index contributed by atoms with van der Waals surface area (Å²) in [5.74, 6) is -0.234. The van der Waals surface area contributed by atoms with Crippen LogP contribution in [0.5, 0.6) is 0 Å². The van der Waals surface area contributed by atoms with Crippen LogP contribution in [0.4, 0.5) is 5.69 Å². The molecule has 0 radical (unpaired) electrons. The van der Waals surface area contributed by atoms with Crippen LogP contribution in [0.25, 0.3) is 5.57 Å². The summed E-state index contributed by atoms with van der Waals surface area (Å²) in [6.07, 6.45) is 8.79. The van der Waals surface area contributed by atoms with Crippen molar-refractivity contribution in [2.75, 3.05) is 18.0 Å². The number of hydrogen-bond acceptors (Lipinski definition) is 3. The monoisotopic (exact) mass is 311 g/mol. The van der Waals surface area contributed by atoms with Crippen molar-refractivity contribution in [2.45, 2.75) is 39.5 Å². The van der Waals surface area contributed by atoms with Gasteiger partial charge in [0, 0.05) is 24.4 Å². The minimum absolute atomic E-state index is 0.105. The van der Waals surface area contributed by atoms with Gasteiger partial charge in [-0.25, -0.2) is 0 Å². The maximum Gasteiger partial charge on any atom is 0.186 e. The molecule has 0 saturated heterocycles. The van der Waals surface area contributed by atoms with Crippen LogP contribution in [0.1, 0.15) is 45.1 Å². The van der Waals surface area contributed by atoms with Crippen molar-refractivity contribution in [3.63, 3.8) is 0 Å². The Balaban J connectivity index is 2.16. The van der Waals surface area contributed by atoms with E-state index in [0.29, 0.717) is 5.57 Å². The number of benzene rings is 1. The minimum Gasteiger partial charge on any atom is -0.372 e. The highest BCUT2D eigenvalue weighted by atomic mass is 16.1. The molecule has 3 heteroatoms. The first-order chi connectivity index (χ1) is 11.2. The molecule has 23 heavy (non-hydrogen) atoms. The number of unbranched alkanes of at least 4 members (excludes halogenated alkanes) is 2. The van der Waals surface area contributed by atoms with Gasteiger partial charge >= 0.3 is 0 Å². The molecule has 1 aliphatic carbocycles. The average Bonchev–Trinajstić information content (AvgIpc) is 2.57. The predicted octanol–water partition coefficient (Wildman–Crippen LogP) is 4.18. The van der Waals surface area contributed by atoms with Gasteiger partial charge in [-0.3, -0.25) is 9.59 Å². The third kappa shape index (κ3) is 4.65. The second-order valence-electron chi connectivity index (χ2n) is 5.90. The van der Waals surface area contributed by atoms with Crippen LogP contribution in [0.15, 0.2) is 42.5 Å². The Kier molecular flexibility index (Phi) is 6.33. The second-order valence-corrected chi connectivity index (χ2v) is 5.90. The lowest BCUT2D eigenvalue weighted by atomic mass is 9.96. The molecule has 0 saturated carbocycles. The molecule has 0 fully saturated rings. The van der Waals surface area contributed by atoms with Crippen LogP contribution in [-0.4, -0.2) is 24.7 Å². The molecule has 0 atom stereocenters. The first kappa shape index (κ1) is 17.2. The zero-order valence-electron chi connectivity index (χ0n) is 14.0. The maximum absolute atomic E-state index is 11.9. The highest BCUT2D eigenvalue weighted by molar-refractivity contribution is 6.33. The number of rotatable bonds is 8. The Labute approximate surface area is 138 Å². The van der Waals surface area contributed by atoms with Crippen molar-refractivity contribution in [1.29, 1.82) is 0 Å². The Morgan fingerprint density at radius 1 is 0.870 bits per heavy atom. The molecule has 122 valence electrons. The fraction of sp³-hybridized carbons (Fsp3) is 0.400. The van der Waals surface area contributed by atoms with E-state index in [1.54, 1.807) is 0 Å². The molecule has 0 spiro atoms. The van der Waals surface area contributed by atoms with Crippen molar-refractivity contribution in [2.24, 2.45) is 0 Å². The predicted molar refractivity (Wildman–Crippen MR) is 95.6 cm³/mol. The molecule has 3 nitrogen and oxygen atoms in total. The van der Waals surface area contributed by atoms with Gasteiger partial charge in [0.05, 0.1) is 0 Å². The number of anilines is 1. The smallest absolute Gasteiger partial charge is 0.186 e. The summed E-state index contributed by atoms with van der Waals surface area (Å²) in [6, 6.07) is 7.99. The number of ketones is 2. The molecule has 1 aliphatic rings. The van der Waals surface area contributed by atoms with Gasteiger partial charge in [0.15, 0.2) is 11.6 Å². The van der Waals surface area contributed by atoms with Crippen LogP contribution in [0.2, 0.25) is 0 Å². The van der Waals surface area contributed by atoms with Gasteiger partial charge in [-0.1, -0.05) is 38.8 Å². The Bertz CT molecular complexity index is 603. The molecular formula is C20H25NO2. The van der Waals surface area contributed by atoms with Gasteiger partial charge in [0.25, 0.3) is 0 Å². The fourth-order valence-corrected chi connectivity index (χ4v) is 2.65. The lowest BCUT2D eigenvalue weighted by Crippen LogP contribution is -2.25. The summed E-state index contributed by atoms with van der Waals surface area (Å²) in [4.78, 5) is 25.8. The first-order valence-electron chi connectivity index (χ1n) is 8.49. The van der Waals surface area contributed by atoms with E-state index >= 15 is 0 Å². The molecule has 0 unspecified atom stereocenters. The topological polar surface area (TPSA) is 37.4 Å². The van der Waals surface area contributed by atoms with E-state index in [0.717, 1.165) is 18.7 Å². The van der Waals surface area contributed by atoms with Gasteiger partial charge in [-0.05, 0) is 48.8 Å². The Hall–Kier alpha value is -2.16. The van der Waals surface area contributed by atoms with E-state index in [9.17, 15) is 9.59 Å². The van der Waals surface area contributed by atoms with Gasteiger partial charge in [0.2, 0.25) is 0 Å². The fourth-order valence-electron chi connectivity index (χ4n) is 2.65.